The molecule has 124 valence electrons. The zero-order valence-corrected chi connectivity index (χ0v) is 14.1. The Morgan fingerprint density at radius 1 is 1.30 bits per heavy atom. The van der Waals surface area contributed by atoms with Crippen molar-refractivity contribution in [1.29, 1.82) is 0 Å². The Hall–Kier alpha value is -2.14. The average molecular weight is 316 g/mol. The van der Waals surface area contributed by atoms with Gasteiger partial charge in [0.25, 0.3) is 0 Å². The third-order valence-electron chi connectivity index (χ3n) is 3.73. The number of aliphatic hydroxyl groups is 1. The van der Waals surface area contributed by atoms with Gasteiger partial charge < -0.3 is 14.8 Å². The lowest BCUT2D eigenvalue weighted by Crippen LogP contribution is -2.39. The Labute approximate surface area is 136 Å². The molecule has 0 saturated carbocycles. The maximum atomic E-state index is 12.0. The summed E-state index contributed by atoms with van der Waals surface area (Å²) >= 11 is 0. The van der Waals surface area contributed by atoms with E-state index in [0.717, 1.165) is 5.56 Å². The first kappa shape index (κ1) is 17.2. The summed E-state index contributed by atoms with van der Waals surface area (Å²) in [5, 5.41) is 12.7. The first-order valence-corrected chi connectivity index (χ1v) is 7.74. The normalized spacial score (nSPS) is 12.9. The SMILES string of the molecule is Cc1oc(-c2ccccc2)nc1CC(=O)NCC(O)C(C)(C)C. The van der Waals surface area contributed by atoms with Gasteiger partial charge in [0.15, 0.2) is 0 Å². The van der Waals surface area contributed by atoms with E-state index in [0.29, 0.717) is 17.3 Å². The minimum atomic E-state index is -0.593. The van der Waals surface area contributed by atoms with E-state index in [1.165, 1.54) is 0 Å². The Kier molecular flexibility index (Phi) is 5.21. The van der Waals surface area contributed by atoms with Crippen LogP contribution >= 0.6 is 0 Å². The van der Waals surface area contributed by atoms with E-state index in [-0.39, 0.29) is 24.3 Å². The van der Waals surface area contributed by atoms with Crippen LogP contribution < -0.4 is 5.32 Å². The Balaban J connectivity index is 1.98. The molecular weight excluding hydrogens is 292 g/mol. The van der Waals surface area contributed by atoms with E-state index in [9.17, 15) is 9.90 Å². The van der Waals surface area contributed by atoms with Gasteiger partial charge in [-0.1, -0.05) is 39.0 Å². The summed E-state index contributed by atoms with van der Waals surface area (Å²) in [7, 11) is 0. The van der Waals surface area contributed by atoms with E-state index in [1.54, 1.807) is 6.92 Å². The highest BCUT2D eigenvalue weighted by Crippen LogP contribution is 2.22. The van der Waals surface area contributed by atoms with Gasteiger partial charge in [0.05, 0.1) is 18.2 Å². The van der Waals surface area contributed by atoms with Crippen molar-refractivity contribution in [2.45, 2.75) is 40.2 Å². The first-order valence-electron chi connectivity index (χ1n) is 7.74. The van der Waals surface area contributed by atoms with Gasteiger partial charge in [0.2, 0.25) is 11.8 Å². The maximum absolute atomic E-state index is 12.0. The lowest BCUT2D eigenvalue weighted by atomic mass is 9.89. The number of nitrogens with one attached hydrogen (secondary N) is 1. The molecule has 5 heteroatoms. The molecule has 0 aliphatic carbocycles. The summed E-state index contributed by atoms with van der Waals surface area (Å²) in [5.74, 6) is 0.973. The van der Waals surface area contributed by atoms with E-state index in [2.05, 4.69) is 10.3 Å². The molecule has 2 aromatic rings. The number of benzene rings is 1. The lowest BCUT2D eigenvalue weighted by Gasteiger charge is -2.25. The van der Waals surface area contributed by atoms with Crippen molar-refractivity contribution < 1.29 is 14.3 Å². The molecule has 1 amide bonds. The Morgan fingerprint density at radius 3 is 2.57 bits per heavy atom. The van der Waals surface area contributed by atoms with Crippen LogP contribution in [0.5, 0.6) is 0 Å². The first-order chi connectivity index (χ1) is 10.8. The third-order valence-corrected chi connectivity index (χ3v) is 3.73. The minimum absolute atomic E-state index is 0.138. The quantitative estimate of drug-likeness (QED) is 0.889. The molecule has 1 aromatic heterocycles. The van der Waals surface area contributed by atoms with Gasteiger partial charge in [-0.2, -0.15) is 0 Å². The van der Waals surface area contributed by atoms with Crippen molar-refractivity contribution >= 4 is 5.91 Å². The highest BCUT2D eigenvalue weighted by atomic mass is 16.4. The van der Waals surface area contributed by atoms with Crippen molar-refractivity contribution in [3.05, 3.63) is 41.8 Å². The second-order valence-corrected chi connectivity index (χ2v) is 6.75. The number of oxazole rings is 1. The Bertz CT molecular complexity index is 657. The van der Waals surface area contributed by atoms with Gasteiger partial charge in [-0.25, -0.2) is 4.98 Å². The molecule has 23 heavy (non-hydrogen) atoms. The number of hydrogen-bond acceptors (Lipinski definition) is 4. The molecule has 0 aliphatic heterocycles. The van der Waals surface area contributed by atoms with Crippen LogP contribution in [-0.2, 0) is 11.2 Å². The van der Waals surface area contributed by atoms with Crippen LogP contribution in [0.1, 0.15) is 32.2 Å². The van der Waals surface area contributed by atoms with Crippen LogP contribution in [0.4, 0.5) is 0 Å². The fourth-order valence-corrected chi connectivity index (χ4v) is 2.03. The lowest BCUT2D eigenvalue weighted by molar-refractivity contribution is -0.121. The second kappa shape index (κ2) is 6.96. The van der Waals surface area contributed by atoms with Crippen molar-refractivity contribution in [2.24, 2.45) is 5.41 Å². The zero-order chi connectivity index (χ0) is 17.0. The van der Waals surface area contributed by atoms with Crippen molar-refractivity contribution in [2.75, 3.05) is 6.54 Å². The van der Waals surface area contributed by atoms with Crippen LogP contribution in [0.3, 0.4) is 0 Å². The fourth-order valence-electron chi connectivity index (χ4n) is 2.03. The van der Waals surface area contributed by atoms with Gasteiger partial charge >= 0.3 is 0 Å². The fraction of sp³-hybridized carbons (Fsp3) is 0.444. The molecule has 1 unspecified atom stereocenters. The van der Waals surface area contributed by atoms with Gasteiger partial charge in [-0.15, -0.1) is 0 Å². The van der Waals surface area contributed by atoms with Crippen LogP contribution in [0.25, 0.3) is 11.5 Å². The number of hydrogen-bond donors (Lipinski definition) is 2. The number of carbonyl (C=O) groups excluding carboxylic acids is 1. The van der Waals surface area contributed by atoms with Gasteiger partial charge in [-0.3, -0.25) is 4.79 Å². The predicted molar refractivity (Wildman–Crippen MR) is 88.9 cm³/mol. The predicted octanol–water partition coefficient (Wildman–Crippen LogP) is 2.72. The van der Waals surface area contributed by atoms with E-state index in [1.807, 2.05) is 51.1 Å². The molecule has 2 N–H and O–H groups in total. The summed E-state index contributed by atoms with van der Waals surface area (Å²) in [6.07, 6.45) is -0.455. The van der Waals surface area contributed by atoms with E-state index in [4.69, 9.17) is 4.42 Å². The summed E-state index contributed by atoms with van der Waals surface area (Å²) in [5.41, 5.74) is 1.23. The molecule has 5 nitrogen and oxygen atoms in total. The zero-order valence-electron chi connectivity index (χ0n) is 14.1. The van der Waals surface area contributed by atoms with Crippen LogP contribution in [0.15, 0.2) is 34.7 Å². The second-order valence-electron chi connectivity index (χ2n) is 6.75. The molecule has 0 bridgehead atoms. The molecule has 0 saturated heterocycles. The summed E-state index contributed by atoms with van der Waals surface area (Å²) in [6, 6.07) is 9.57. The van der Waals surface area contributed by atoms with Gasteiger partial charge in [0, 0.05) is 12.1 Å². The number of aromatic nitrogens is 1. The smallest absolute Gasteiger partial charge is 0.226 e. The van der Waals surface area contributed by atoms with Crippen molar-refractivity contribution in [3.8, 4) is 11.5 Å². The van der Waals surface area contributed by atoms with Gasteiger partial charge in [0.1, 0.15) is 5.76 Å². The molecule has 0 fully saturated rings. The molecule has 0 spiro atoms. The number of aliphatic hydroxyl groups excluding tert-OH is 1. The molecule has 0 radical (unpaired) electrons. The van der Waals surface area contributed by atoms with Crippen LogP contribution in [0.2, 0.25) is 0 Å². The molecule has 1 heterocycles. The topological polar surface area (TPSA) is 75.4 Å². The van der Waals surface area contributed by atoms with Gasteiger partial charge in [-0.05, 0) is 24.5 Å². The highest BCUT2D eigenvalue weighted by molar-refractivity contribution is 5.78. The number of rotatable bonds is 5. The molecule has 2 rings (SSSR count). The molecule has 0 aliphatic rings. The summed E-state index contributed by atoms with van der Waals surface area (Å²) in [6.45, 7) is 7.81. The maximum Gasteiger partial charge on any atom is 0.226 e. The standard InChI is InChI=1S/C18H24N2O3/c1-12-14(10-16(22)19-11-15(21)18(2,3)4)20-17(23-12)13-8-6-5-7-9-13/h5-9,15,21H,10-11H2,1-4H3,(H,19,22). The Morgan fingerprint density at radius 2 is 1.96 bits per heavy atom. The van der Waals surface area contributed by atoms with E-state index >= 15 is 0 Å². The molecular formula is C18H24N2O3. The van der Waals surface area contributed by atoms with Crippen molar-refractivity contribution in [1.82, 2.24) is 10.3 Å². The molecule has 1 aromatic carbocycles. The number of amides is 1. The average Bonchev–Trinajstić information content (AvgIpc) is 2.86. The number of nitrogens with zero attached hydrogens (tertiary/aromatic N) is 1. The minimum Gasteiger partial charge on any atom is -0.441 e. The van der Waals surface area contributed by atoms with E-state index < -0.39 is 6.10 Å². The molecule has 1 atom stereocenters. The van der Waals surface area contributed by atoms with Crippen LogP contribution in [-0.4, -0.2) is 28.6 Å². The largest absolute Gasteiger partial charge is 0.441 e. The monoisotopic (exact) mass is 316 g/mol. The summed E-state index contributed by atoms with van der Waals surface area (Å²) in [4.78, 5) is 16.4. The highest BCUT2D eigenvalue weighted by Gasteiger charge is 2.23. The number of aryl methyl sites for hydroxylation is 1. The van der Waals surface area contributed by atoms with Crippen LogP contribution in [0, 0.1) is 12.3 Å². The summed E-state index contributed by atoms with van der Waals surface area (Å²) < 4.78 is 5.64. The third kappa shape index (κ3) is 4.66. The number of carbonyl (C=O) groups is 1. The van der Waals surface area contributed by atoms with Crippen molar-refractivity contribution in [3.63, 3.8) is 0 Å².